The van der Waals surface area contributed by atoms with Crippen LogP contribution in [0.1, 0.15) is 6.42 Å². The molecule has 0 saturated carbocycles. The molecule has 1 heterocycles. The minimum absolute atomic E-state index is 0.0434. The van der Waals surface area contributed by atoms with Gasteiger partial charge in [0.25, 0.3) is 0 Å². The third kappa shape index (κ3) is 2.81. The van der Waals surface area contributed by atoms with E-state index in [4.69, 9.17) is 14.2 Å². The van der Waals surface area contributed by atoms with Crippen molar-refractivity contribution in [2.24, 2.45) is 5.92 Å². The standard InChI is InChI=1S/C14H19NO4/c1-15(14(16)10-6-7-19-9-10)11-4-5-12(17-2)13(8-11)18-3/h4-5,8,10H,6-7,9H2,1-3H3. The number of hydrogen-bond acceptors (Lipinski definition) is 4. The highest BCUT2D eigenvalue weighted by atomic mass is 16.5. The fraction of sp³-hybridized carbons (Fsp3) is 0.500. The maximum atomic E-state index is 12.3. The quantitative estimate of drug-likeness (QED) is 0.831. The molecule has 0 N–H and O–H groups in total. The molecular formula is C14H19NO4. The number of amides is 1. The van der Waals surface area contributed by atoms with Gasteiger partial charge in [-0.25, -0.2) is 0 Å². The Morgan fingerprint density at radius 1 is 1.32 bits per heavy atom. The normalized spacial score (nSPS) is 18.2. The number of carbonyl (C=O) groups excluding carboxylic acids is 1. The fourth-order valence-corrected chi connectivity index (χ4v) is 2.16. The molecule has 1 saturated heterocycles. The van der Waals surface area contributed by atoms with E-state index in [1.54, 1.807) is 38.3 Å². The lowest BCUT2D eigenvalue weighted by Crippen LogP contribution is -2.33. The van der Waals surface area contributed by atoms with Gasteiger partial charge in [0.1, 0.15) is 0 Å². The van der Waals surface area contributed by atoms with Gasteiger partial charge >= 0.3 is 0 Å². The Morgan fingerprint density at radius 2 is 2.05 bits per heavy atom. The second-order valence-electron chi connectivity index (χ2n) is 4.50. The zero-order chi connectivity index (χ0) is 13.8. The number of benzene rings is 1. The van der Waals surface area contributed by atoms with Gasteiger partial charge in [-0.05, 0) is 18.6 Å². The summed E-state index contributed by atoms with van der Waals surface area (Å²) >= 11 is 0. The van der Waals surface area contributed by atoms with E-state index in [0.717, 1.165) is 12.1 Å². The minimum atomic E-state index is -0.0434. The summed E-state index contributed by atoms with van der Waals surface area (Å²) < 4.78 is 15.7. The number of carbonyl (C=O) groups is 1. The van der Waals surface area contributed by atoms with Gasteiger partial charge in [-0.15, -0.1) is 0 Å². The summed E-state index contributed by atoms with van der Waals surface area (Å²) in [4.78, 5) is 13.9. The maximum Gasteiger partial charge on any atom is 0.232 e. The molecule has 5 nitrogen and oxygen atoms in total. The topological polar surface area (TPSA) is 48.0 Å². The Kier molecular flexibility index (Phi) is 4.27. The highest BCUT2D eigenvalue weighted by Crippen LogP contribution is 2.31. The lowest BCUT2D eigenvalue weighted by Gasteiger charge is -2.21. The van der Waals surface area contributed by atoms with Crippen LogP contribution >= 0.6 is 0 Å². The first-order chi connectivity index (χ1) is 9.17. The SMILES string of the molecule is COc1ccc(N(C)C(=O)C2CCOC2)cc1OC. The molecule has 1 aliphatic heterocycles. The monoisotopic (exact) mass is 265 g/mol. The summed E-state index contributed by atoms with van der Waals surface area (Å²) in [5, 5.41) is 0. The smallest absolute Gasteiger partial charge is 0.232 e. The largest absolute Gasteiger partial charge is 0.493 e. The van der Waals surface area contributed by atoms with Crippen molar-refractivity contribution in [3.63, 3.8) is 0 Å². The van der Waals surface area contributed by atoms with Gasteiger partial charge in [0.15, 0.2) is 11.5 Å². The number of nitrogens with zero attached hydrogens (tertiary/aromatic N) is 1. The van der Waals surface area contributed by atoms with Crippen LogP contribution in [0.3, 0.4) is 0 Å². The van der Waals surface area contributed by atoms with Crippen LogP contribution in [0, 0.1) is 5.92 Å². The van der Waals surface area contributed by atoms with Crippen molar-refractivity contribution in [3.05, 3.63) is 18.2 Å². The van der Waals surface area contributed by atoms with E-state index in [1.807, 2.05) is 6.07 Å². The first-order valence-corrected chi connectivity index (χ1v) is 6.24. The molecule has 0 bridgehead atoms. The Hall–Kier alpha value is -1.75. The van der Waals surface area contributed by atoms with Crippen molar-refractivity contribution in [2.45, 2.75) is 6.42 Å². The highest BCUT2D eigenvalue weighted by Gasteiger charge is 2.27. The zero-order valence-electron chi connectivity index (χ0n) is 11.5. The number of anilines is 1. The van der Waals surface area contributed by atoms with E-state index >= 15 is 0 Å². The number of methoxy groups -OCH3 is 2. The van der Waals surface area contributed by atoms with Gasteiger partial charge in [0.05, 0.1) is 26.7 Å². The molecule has 1 aliphatic rings. The van der Waals surface area contributed by atoms with Crippen molar-refractivity contribution in [1.82, 2.24) is 0 Å². The lowest BCUT2D eigenvalue weighted by atomic mass is 10.1. The van der Waals surface area contributed by atoms with Gasteiger partial charge in [0, 0.05) is 25.4 Å². The minimum Gasteiger partial charge on any atom is -0.493 e. The van der Waals surface area contributed by atoms with Crippen LogP contribution in [0.25, 0.3) is 0 Å². The van der Waals surface area contributed by atoms with Crippen molar-refractivity contribution >= 4 is 11.6 Å². The van der Waals surface area contributed by atoms with Crippen LogP contribution in [-0.4, -0.2) is 40.4 Å². The molecule has 0 radical (unpaired) electrons. The van der Waals surface area contributed by atoms with E-state index in [9.17, 15) is 4.79 Å². The summed E-state index contributed by atoms with van der Waals surface area (Å²) in [6, 6.07) is 5.44. The van der Waals surface area contributed by atoms with Crippen molar-refractivity contribution in [2.75, 3.05) is 39.4 Å². The Balaban J connectivity index is 2.18. The van der Waals surface area contributed by atoms with Gasteiger partial charge in [-0.2, -0.15) is 0 Å². The molecule has 104 valence electrons. The second kappa shape index (κ2) is 5.93. The van der Waals surface area contributed by atoms with Crippen LogP contribution < -0.4 is 14.4 Å². The second-order valence-corrected chi connectivity index (χ2v) is 4.50. The Bertz CT molecular complexity index is 455. The number of rotatable bonds is 4. The molecule has 5 heteroatoms. The number of hydrogen-bond donors (Lipinski definition) is 0. The first kappa shape index (κ1) is 13.7. The van der Waals surface area contributed by atoms with E-state index in [0.29, 0.717) is 24.7 Å². The summed E-state index contributed by atoms with van der Waals surface area (Å²) in [7, 11) is 4.93. The van der Waals surface area contributed by atoms with E-state index in [2.05, 4.69) is 0 Å². The van der Waals surface area contributed by atoms with Gasteiger partial charge in [-0.1, -0.05) is 0 Å². The summed E-state index contributed by atoms with van der Waals surface area (Å²) in [5.74, 6) is 1.29. The average molecular weight is 265 g/mol. The van der Waals surface area contributed by atoms with E-state index in [1.165, 1.54) is 0 Å². The predicted octanol–water partition coefficient (Wildman–Crippen LogP) is 1.70. The van der Waals surface area contributed by atoms with Crippen molar-refractivity contribution in [1.29, 1.82) is 0 Å². The molecule has 0 aromatic heterocycles. The number of ether oxygens (including phenoxy) is 3. The molecule has 1 aromatic rings. The maximum absolute atomic E-state index is 12.3. The molecule has 1 fully saturated rings. The third-order valence-electron chi connectivity index (χ3n) is 3.36. The Labute approximate surface area is 113 Å². The van der Waals surface area contributed by atoms with Crippen LogP contribution in [-0.2, 0) is 9.53 Å². The molecule has 19 heavy (non-hydrogen) atoms. The van der Waals surface area contributed by atoms with Crippen molar-refractivity contribution in [3.8, 4) is 11.5 Å². The van der Waals surface area contributed by atoms with Gasteiger partial charge in [0.2, 0.25) is 5.91 Å². The predicted molar refractivity (Wildman–Crippen MR) is 71.9 cm³/mol. The lowest BCUT2D eigenvalue weighted by molar-refractivity contribution is -0.122. The summed E-state index contributed by atoms with van der Waals surface area (Å²) in [6.45, 7) is 1.17. The molecular weight excluding hydrogens is 246 g/mol. The molecule has 1 amide bonds. The van der Waals surface area contributed by atoms with Gasteiger partial charge < -0.3 is 19.1 Å². The Morgan fingerprint density at radius 3 is 2.63 bits per heavy atom. The van der Waals surface area contributed by atoms with Crippen LogP contribution in [0.5, 0.6) is 11.5 Å². The summed E-state index contributed by atoms with van der Waals surface area (Å²) in [5.41, 5.74) is 0.787. The first-order valence-electron chi connectivity index (χ1n) is 6.24. The highest BCUT2D eigenvalue weighted by molar-refractivity contribution is 5.95. The van der Waals surface area contributed by atoms with E-state index in [-0.39, 0.29) is 11.8 Å². The summed E-state index contributed by atoms with van der Waals surface area (Å²) in [6.07, 6.45) is 0.788. The van der Waals surface area contributed by atoms with Crippen LogP contribution in [0.2, 0.25) is 0 Å². The molecule has 0 aliphatic carbocycles. The molecule has 1 atom stereocenters. The molecule has 1 aromatic carbocycles. The molecule has 2 rings (SSSR count). The zero-order valence-corrected chi connectivity index (χ0v) is 11.5. The third-order valence-corrected chi connectivity index (χ3v) is 3.36. The van der Waals surface area contributed by atoms with Crippen LogP contribution in [0.4, 0.5) is 5.69 Å². The van der Waals surface area contributed by atoms with E-state index < -0.39 is 0 Å². The fourth-order valence-electron chi connectivity index (χ4n) is 2.16. The molecule has 1 unspecified atom stereocenters. The average Bonchev–Trinajstić information content (AvgIpc) is 2.99. The van der Waals surface area contributed by atoms with Crippen LogP contribution in [0.15, 0.2) is 18.2 Å². The van der Waals surface area contributed by atoms with Gasteiger partial charge in [-0.3, -0.25) is 4.79 Å². The molecule has 0 spiro atoms. The van der Waals surface area contributed by atoms with Crippen molar-refractivity contribution < 1.29 is 19.0 Å².